The van der Waals surface area contributed by atoms with Gasteiger partial charge in [0, 0.05) is 5.16 Å². The molecule has 0 aromatic rings. The molecule has 0 aromatic carbocycles. The van der Waals surface area contributed by atoms with Gasteiger partial charge in [0.2, 0.25) is 0 Å². The lowest BCUT2D eigenvalue weighted by Crippen LogP contribution is -2.09. The highest BCUT2D eigenvalue weighted by molar-refractivity contribution is 9.57. The fourth-order valence-corrected chi connectivity index (χ4v) is 37.9. The van der Waals surface area contributed by atoms with E-state index >= 15 is 0 Å². The second kappa shape index (κ2) is 6.15. The third-order valence-electron chi connectivity index (χ3n) is 1.19. The molecule has 1 heterocycles. The molecule has 1 fully saturated rings. The van der Waals surface area contributed by atoms with Crippen LogP contribution < -0.4 is 0 Å². The first-order valence-electron chi connectivity index (χ1n) is 3.27. The zero-order chi connectivity index (χ0) is 9.95. The van der Waals surface area contributed by atoms with Crippen molar-refractivity contribution in [2.45, 2.75) is 25.9 Å². The van der Waals surface area contributed by atoms with E-state index in [-0.39, 0.29) is 5.16 Å². The summed E-state index contributed by atoms with van der Waals surface area (Å²) in [5.41, 5.74) is 0. The molecule has 0 aliphatic carbocycles. The Morgan fingerprint density at radius 3 is 1.62 bits per heavy atom. The van der Waals surface area contributed by atoms with Crippen LogP contribution in [-0.2, 0) is 11.8 Å². The van der Waals surface area contributed by atoms with Crippen LogP contribution in [0.25, 0.3) is 0 Å². The third kappa shape index (κ3) is 4.46. The van der Waals surface area contributed by atoms with E-state index in [1.54, 1.807) is 0 Å². The second-order valence-electron chi connectivity index (χ2n) is 3.16. The van der Waals surface area contributed by atoms with Crippen LogP contribution in [0.5, 0.6) is 0 Å². The average Bonchev–Trinajstić information content (AvgIpc) is 1.94. The van der Waals surface area contributed by atoms with Crippen LogP contribution in [0.15, 0.2) is 0 Å². The quantitative estimate of drug-likeness (QED) is 0.346. The molecule has 0 radical (unpaired) electrons. The highest BCUT2D eigenvalue weighted by atomic mass is 34.0. The van der Waals surface area contributed by atoms with Gasteiger partial charge in [-0.1, -0.05) is 32.6 Å². The minimum absolute atomic E-state index is 0.265. The zero-order valence-corrected chi connectivity index (χ0v) is 14.6. The number of rotatable bonds is 0. The predicted molar refractivity (Wildman–Crippen MR) is 87.2 cm³/mol. The molecule has 9 heteroatoms. The summed E-state index contributed by atoms with van der Waals surface area (Å²) in [5, 5.41) is 0.265. The van der Waals surface area contributed by atoms with E-state index in [4.69, 9.17) is 11.8 Å². The lowest BCUT2D eigenvalue weighted by Gasteiger charge is -2.32. The van der Waals surface area contributed by atoms with Crippen LogP contribution in [-0.4, -0.2) is 5.16 Å². The average molecular weight is 345 g/mol. The number of hydrogen-bond acceptors (Lipinski definition) is 8. The van der Waals surface area contributed by atoms with Crippen molar-refractivity contribution in [3.63, 3.8) is 0 Å². The SMILES string of the molecule is CC(C)(C)P1(=S)SSSSSSS1. The van der Waals surface area contributed by atoms with Gasteiger partial charge in [-0.15, -0.1) is 0 Å². The highest BCUT2D eigenvalue weighted by Gasteiger charge is 2.35. The lowest BCUT2D eigenvalue weighted by atomic mass is 10.3. The first kappa shape index (κ1) is 14.2. The van der Waals surface area contributed by atoms with Gasteiger partial charge in [0.25, 0.3) is 0 Å². The van der Waals surface area contributed by atoms with Crippen molar-refractivity contribution in [3.05, 3.63) is 0 Å². The molecule has 0 aromatic heterocycles. The molecule has 0 N–H and O–H groups in total. The topological polar surface area (TPSA) is 0 Å². The minimum Gasteiger partial charge on any atom is -0.0720 e. The largest absolute Gasteiger partial charge is 0.0848 e. The van der Waals surface area contributed by atoms with Crippen LogP contribution in [0.3, 0.4) is 0 Å². The zero-order valence-electron chi connectivity index (χ0n) is 7.21. The molecule has 78 valence electrons. The van der Waals surface area contributed by atoms with E-state index in [0.29, 0.717) is 0 Å². The first-order valence-corrected chi connectivity index (χ1v) is 16.1. The van der Waals surface area contributed by atoms with Crippen molar-refractivity contribution in [2.75, 3.05) is 0 Å². The molecular weight excluding hydrogens is 336 g/mol. The van der Waals surface area contributed by atoms with Gasteiger partial charge in [0.1, 0.15) is 0 Å². The summed E-state index contributed by atoms with van der Waals surface area (Å²) in [6.45, 7) is 6.79. The van der Waals surface area contributed by atoms with Crippen molar-refractivity contribution >= 4 is 86.2 Å². The normalized spacial score (nSPS) is 24.8. The lowest BCUT2D eigenvalue weighted by molar-refractivity contribution is 0.799. The smallest absolute Gasteiger partial charge is 0.0720 e. The van der Waals surface area contributed by atoms with Gasteiger partial charge in [-0.2, -0.15) is 0 Å². The molecule has 1 rings (SSSR count). The summed E-state index contributed by atoms with van der Waals surface area (Å²) in [4.78, 5) is 0. The Morgan fingerprint density at radius 1 is 0.846 bits per heavy atom. The molecule has 0 unspecified atom stereocenters. The van der Waals surface area contributed by atoms with Gasteiger partial charge in [-0.3, -0.25) is 0 Å². The Bertz CT molecular complexity index is 197. The van der Waals surface area contributed by atoms with E-state index in [1.165, 1.54) is 0 Å². The van der Waals surface area contributed by atoms with E-state index < -0.39 is 4.44 Å². The van der Waals surface area contributed by atoms with Gasteiger partial charge in [-0.05, 0) is 70.0 Å². The van der Waals surface area contributed by atoms with Crippen molar-refractivity contribution in [1.82, 2.24) is 0 Å². The van der Waals surface area contributed by atoms with E-state index in [9.17, 15) is 0 Å². The molecule has 0 amide bonds. The Hall–Kier alpha value is 3.10. The molecule has 0 saturated carbocycles. The van der Waals surface area contributed by atoms with Gasteiger partial charge in [0.05, 0.1) is 4.44 Å². The van der Waals surface area contributed by atoms with Crippen LogP contribution in [0.1, 0.15) is 20.8 Å². The van der Waals surface area contributed by atoms with Crippen LogP contribution in [0.2, 0.25) is 0 Å². The summed E-state index contributed by atoms with van der Waals surface area (Å²) in [6, 6.07) is 0. The molecule has 1 aliphatic heterocycles. The van der Waals surface area contributed by atoms with Crippen molar-refractivity contribution in [2.24, 2.45) is 0 Å². The van der Waals surface area contributed by atoms with E-state index in [1.807, 2.05) is 70.0 Å². The predicted octanol–water partition coefficient (Wildman–Crippen LogP) is 6.73. The molecule has 0 spiro atoms. The molecule has 0 atom stereocenters. The monoisotopic (exact) mass is 344 g/mol. The van der Waals surface area contributed by atoms with Crippen LogP contribution in [0, 0.1) is 0 Å². The van der Waals surface area contributed by atoms with Gasteiger partial charge in [-0.25, -0.2) is 0 Å². The van der Waals surface area contributed by atoms with E-state index in [2.05, 4.69) is 20.8 Å². The first-order chi connectivity index (χ1) is 5.96. The fourth-order valence-electron chi connectivity index (χ4n) is 0.375. The summed E-state index contributed by atoms with van der Waals surface area (Å²) < 4.78 is -1.33. The summed E-state index contributed by atoms with van der Waals surface area (Å²) in [6.07, 6.45) is 0. The maximum Gasteiger partial charge on any atom is 0.0848 e. The maximum absolute atomic E-state index is 5.80. The summed E-state index contributed by atoms with van der Waals surface area (Å²) in [5.74, 6) is 0. The Balaban J connectivity index is 2.68. The van der Waals surface area contributed by atoms with Crippen molar-refractivity contribution < 1.29 is 0 Å². The summed E-state index contributed by atoms with van der Waals surface area (Å²) >= 11 is 5.80. The highest BCUT2D eigenvalue weighted by Crippen LogP contribution is 2.87. The van der Waals surface area contributed by atoms with Gasteiger partial charge < -0.3 is 0 Å². The third-order valence-corrected chi connectivity index (χ3v) is 33.2. The summed E-state index contributed by atoms with van der Waals surface area (Å²) in [7, 11) is 13.0. The Kier molecular flexibility index (Phi) is 6.70. The maximum atomic E-state index is 5.80. The van der Waals surface area contributed by atoms with E-state index in [0.717, 1.165) is 0 Å². The van der Waals surface area contributed by atoms with Crippen molar-refractivity contribution in [1.29, 1.82) is 0 Å². The van der Waals surface area contributed by atoms with Crippen molar-refractivity contribution in [3.8, 4) is 0 Å². The Labute approximate surface area is 111 Å². The van der Waals surface area contributed by atoms with Crippen LogP contribution >= 0.6 is 74.4 Å². The molecule has 1 aliphatic rings. The molecule has 13 heavy (non-hydrogen) atoms. The Morgan fingerprint density at radius 2 is 1.23 bits per heavy atom. The van der Waals surface area contributed by atoms with Gasteiger partial charge >= 0.3 is 0 Å². The second-order valence-corrected chi connectivity index (χ2v) is 25.2. The molecule has 1 saturated heterocycles. The minimum atomic E-state index is -1.33. The van der Waals surface area contributed by atoms with Crippen LogP contribution in [0.4, 0.5) is 0 Å². The standard InChI is InChI=1S/C4H9PS8/c1-4(2,3)5(6)7-9-11-13-12-10-8-5/h1-3H3. The number of hydrogen-bond donors (Lipinski definition) is 0. The fraction of sp³-hybridized carbons (Fsp3) is 1.00. The molecular formula is C4H9PS8. The van der Waals surface area contributed by atoms with Gasteiger partial charge in [0.15, 0.2) is 0 Å². The molecule has 0 nitrogen and oxygen atoms in total. The molecule has 0 bridgehead atoms.